The van der Waals surface area contributed by atoms with Crippen molar-refractivity contribution >= 4 is 17.3 Å². The van der Waals surface area contributed by atoms with Gasteiger partial charge in [0.1, 0.15) is 17.2 Å². The summed E-state index contributed by atoms with van der Waals surface area (Å²) < 4.78 is 0. The largest absolute Gasteiger partial charge is 0.377 e. The summed E-state index contributed by atoms with van der Waals surface area (Å²) in [5.41, 5.74) is 0.177. The number of nitrogens with zero attached hydrogens (tertiary/aromatic N) is 4. The van der Waals surface area contributed by atoms with Crippen molar-refractivity contribution in [3.05, 3.63) is 29.3 Å². The van der Waals surface area contributed by atoms with Gasteiger partial charge in [-0.25, -0.2) is 9.97 Å². The summed E-state index contributed by atoms with van der Waals surface area (Å²) in [4.78, 5) is 12.0. The average Bonchev–Trinajstić information content (AvgIpc) is 3.14. The van der Waals surface area contributed by atoms with Crippen molar-refractivity contribution in [2.75, 3.05) is 18.4 Å². The van der Waals surface area contributed by atoms with Crippen molar-refractivity contribution < 1.29 is 10.2 Å². The number of thiophene rings is 1. The van der Waals surface area contributed by atoms with Crippen LogP contribution >= 0.6 is 11.3 Å². The van der Waals surface area contributed by atoms with Crippen LogP contribution < -0.4 is 10.6 Å². The molecule has 0 saturated carbocycles. The van der Waals surface area contributed by atoms with Crippen molar-refractivity contribution in [3.63, 3.8) is 0 Å². The molecule has 4 N–H and O–H groups in total. The molecule has 9 heteroatoms. The lowest BCUT2D eigenvalue weighted by Crippen LogP contribution is -2.49. The molecular formula is C16H20N6O2S. The van der Waals surface area contributed by atoms with Crippen LogP contribution in [-0.2, 0) is 0 Å². The minimum absolute atomic E-state index is 0.476. The summed E-state index contributed by atoms with van der Waals surface area (Å²) in [6.45, 7) is 4.73. The molecule has 2 aromatic heterocycles. The van der Waals surface area contributed by atoms with E-state index in [-0.39, 0.29) is 0 Å². The molecular weight excluding hydrogens is 340 g/mol. The molecule has 2 unspecified atom stereocenters. The van der Waals surface area contributed by atoms with E-state index in [0.29, 0.717) is 23.9 Å². The summed E-state index contributed by atoms with van der Waals surface area (Å²) in [7, 11) is 0. The molecule has 8 nitrogen and oxygen atoms in total. The van der Waals surface area contributed by atoms with Crippen LogP contribution in [-0.4, -0.2) is 56.3 Å². The number of aliphatic hydroxyl groups is 2. The SMILES string of the molecule is CC1(C)C(O)NC(O)N1CCNc1nccc(-c2ccc(C#N)s2)n1. The maximum Gasteiger partial charge on any atom is 0.223 e. The van der Waals surface area contributed by atoms with E-state index in [2.05, 4.69) is 26.7 Å². The Morgan fingerprint density at radius 1 is 1.40 bits per heavy atom. The van der Waals surface area contributed by atoms with Gasteiger partial charge < -0.3 is 15.5 Å². The molecule has 2 aromatic rings. The smallest absolute Gasteiger partial charge is 0.223 e. The van der Waals surface area contributed by atoms with Crippen molar-refractivity contribution in [2.45, 2.75) is 32.0 Å². The molecule has 0 amide bonds. The zero-order chi connectivity index (χ0) is 18.0. The Bertz CT molecular complexity index is 787. The zero-order valence-electron chi connectivity index (χ0n) is 14.0. The fourth-order valence-corrected chi connectivity index (χ4v) is 3.50. The fraction of sp³-hybridized carbons (Fsp3) is 0.438. The number of nitriles is 1. The maximum absolute atomic E-state index is 9.98. The first kappa shape index (κ1) is 17.7. The van der Waals surface area contributed by atoms with Crippen molar-refractivity contribution in [3.8, 4) is 16.6 Å². The van der Waals surface area contributed by atoms with Gasteiger partial charge in [-0.05, 0) is 32.0 Å². The van der Waals surface area contributed by atoms with Gasteiger partial charge in [-0.1, -0.05) is 0 Å². The van der Waals surface area contributed by atoms with Gasteiger partial charge in [0.25, 0.3) is 0 Å². The minimum atomic E-state index is -0.894. The second-order valence-corrected chi connectivity index (χ2v) is 7.34. The van der Waals surface area contributed by atoms with E-state index in [1.54, 1.807) is 23.2 Å². The van der Waals surface area contributed by atoms with E-state index in [1.165, 1.54) is 11.3 Å². The number of aromatic nitrogens is 2. The van der Waals surface area contributed by atoms with Crippen LogP contribution in [0.5, 0.6) is 0 Å². The molecule has 1 fully saturated rings. The lowest BCUT2D eigenvalue weighted by atomic mass is 10.0. The summed E-state index contributed by atoms with van der Waals surface area (Å²) >= 11 is 1.38. The van der Waals surface area contributed by atoms with Crippen LogP contribution in [0.1, 0.15) is 18.7 Å². The van der Waals surface area contributed by atoms with Gasteiger partial charge in [-0.15, -0.1) is 11.3 Å². The van der Waals surface area contributed by atoms with E-state index in [0.717, 1.165) is 10.6 Å². The van der Waals surface area contributed by atoms with Crippen LogP contribution in [0.15, 0.2) is 24.4 Å². The molecule has 1 aliphatic heterocycles. The molecule has 3 rings (SSSR count). The first-order valence-corrected chi connectivity index (χ1v) is 8.69. The van der Waals surface area contributed by atoms with Crippen molar-refractivity contribution in [1.29, 1.82) is 5.26 Å². The van der Waals surface area contributed by atoms with Gasteiger partial charge in [-0.2, -0.15) is 5.26 Å². The topological polar surface area (TPSA) is 117 Å². The van der Waals surface area contributed by atoms with E-state index in [1.807, 2.05) is 19.9 Å². The summed E-state index contributed by atoms with van der Waals surface area (Å²) in [5.74, 6) is 0.476. The second-order valence-electron chi connectivity index (χ2n) is 6.26. The van der Waals surface area contributed by atoms with Gasteiger partial charge in [-0.3, -0.25) is 10.2 Å². The highest BCUT2D eigenvalue weighted by molar-refractivity contribution is 7.15. The van der Waals surface area contributed by atoms with Crippen molar-refractivity contribution in [2.24, 2.45) is 0 Å². The van der Waals surface area contributed by atoms with Crippen molar-refractivity contribution in [1.82, 2.24) is 20.2 Å². The van der Waals surface area contributed by atoms with Gasteiger partial charge in [0.2, 0.25) is 5.95 Å². The monoisotopic (exact) mass is 360 g/mol. The first-order valence-electron chi connectivity index (χ1n) is 7.88. The van der Waals surface area contributed by atoms with E-state index < -0.39 is 18.1 Å². The number of anilines is 1. The van der Waals surface area contributed by atoms with E-state index in [4.69, 9.17) is 5.26 Å². The van der Waals surface area contributed by atoms with Crippen LogP contribution in [0, 0.1) is 11.3 Å². The quantitative estimate of drug-likeness (QED) is 0.618. The molecule has 1 saturated heterocycles. The number of rotatable bonds is 5. The average molecular weight is 360 g/mol. The van der Waals surface area contributed by atoms with E-state index in [9.17, 15) is 10.2 Å². The molecule has 0 bridgehead atoms. The van der Waals surface area contributed by atoms with Gasteiger partial charge in [0.15, 0.2) is 6.35 Å². The summed E-state index contributed by atoms with van der Waals surface area (Å²) in [6, 6.07) is 7.55. The van der Waals surface area contributed by atoms with Crippen LogP contribution in [0.2, 0.25) is 0 Å². The Hall–Kier alpha value is -2.09. The summed E-state index contributed by atoms with van der Waals surface area (Å²) in [6.07, 6.45) is -0.0269. The van der Waals surface area contributed by atoms with E-state index >= 15 is 0 Å². The summed E-state index contributed by atoms with van der Waals surface area (Å²) in [5, 5.41) is 34.7. The first-order chi connectivity index (χ1) is 11.9. The zero-order valence-corrected chi connectivity index (χ0v) is 14.8. The van der Waals surface area contributed by atoms with Crippen LogP contribution in [0.3, 0.4) is 0 Å². The van der Waals surface area contributed by atoms with Gasteiger partial charge in [0, 0.05) is 19.3 Å². The third-order valence-corrected chi connectivity index (χ3v) is 5.28. The molecule has 3 heterocycles. The molecule has 0 aromatic carbocycles. The van der Waals surface area contributed by atoms with Crippen LogP contribution in [0.4, 0.5) is 5.95 Å². The number of hydrogen-bond acceptors (Lipinski definition) is 9. The Balaban J connectivity index is 1.63. The highest BCUT2D eigenvalue weighted by Crippen LogP contribution is 2.27. The molecule has 0 spiro atoms. The Labute approximate surface area is 149 Å². The molecule has 132 valence electrons. The Morgan fingerprint density at radius 3 is 2.84 bits per heavy atom. The van der Waals surface area contributed by atoms with Gasteiger partial charge >= 0.3 is 0 Å². The highest BCUT2D eigenvalue weighted by atomic mass is 32.1. The molecule has 1 aliphatic rings. The van der Waals surface area contributed by atoms with Gasteiger partial charge in [0.05, 0.1) is 16.1 Å². The molecule has 0 aliphatic carbocycles. The number of aliphatic hydroxyl groups excluding tert-OH is 2. The lowest BCUT2D eigenvalue weighted by molar-refractivity contribution is -0.0191. The maximum atomic E-state index is 9.98. The normalized spacial score (nSPS) is 22.7. The lowest BCUT2D eigenvalue weighted by Gasteiger charge is -2.33. The molecule has 25 heavy (non-hydrogen) atoms. The molecule has 0 radical (unpaired) electrons. The fourth-order valence-electron chi connectivity index (χ4n) is 2.72. The Kier molecular flexibility index (Phi) is 4.99. The standard InChI is InChI=1S/C16H20N6O2S/c1-16(2)13(23)21-15(24)22(16)8-7-19-14-18-6-5-11(20-14)12-4-3-10(9-17)25-12/h3-6,13,15,21,23-24H,7-8H2,1-2H3,(H,18,19,20). The molecule has 2 atom stereocenters. The predicted octanol–water partition coefficient (Wildman–Crippen LogP) is 0.767. The second kappa shape index (κ2) is 7.03. The number of hydrogen-bond donors (Lipinski definition) is 4. The third kappa shape index (κ3) is 3.63. The number of nitrogens with one attached hydrogen (secondary N) is 2. The predicted molar refractivity (Wildman–Crippen MR) is 94.5 cm³/mol. The highest BCUT2D eigenvalue weighted by Gasteiger charge is 2.45. The minimum Gasteiger partial charge on any atom is -0.377 e. The Morgan fingerprint density at radius 2 is 2.20 bits per heavy atom. The third-order valence-electron chi connectivity index (χ3n) is 4.27. The van der Waals surface area contributed by atoms with Crippen LogP contribution in [0.25, 0.3) is 10.6 Å².